The lowest BCUT2D eigenvalue weighted by Gasteiger charge is -2.26. The van der Waals surface area contributed by atoms with Gasteiger partial charge < -0.3 is 9.88 Å². The number of amides is 1. The van der Waals surface area contributed by atoms with Crippen LogP contribution < -0.4 is 0 Å². The number of hydrogen-bond acceptors (Lipinski definition) is 3. The van der Waals surface area contributed by atoms with Gasteiger partial charge in [0.15, 0.2) is 5.69 Å². The Morgan fingerprint density at radius 1 is 1.38 bits per heavy atom. The molecule has 0 saturated carbocycles. The van der Waals surface area contributed by atoms with Crippen molar-refractivity contribution in [3.63, 3.8) is 0 Å². The third-order valence-corrected chi connectivity index (χ3v) is 4.66. The van der Waals surface area contributed by atoms with Gasteiger partial charge in [-0.1, -0.05) is 6.92 Å². The van der Waals surface area contributed by atoms with Gasteiger partial charge in [0.2, 0.25) is 0 Å². The van der Waals surface area contributed by atoms with Crippen LogP contribution in [0.5, 0.6) is 0 Å². The van der Waals surface area contributed by atoms with E-state index in [2.05, 4.69) is 27.1 Å². The Bertz CT molecular complexity index is 686. The summed E-state index contributed by atoms with van der Waals surface area (Å²) in [6.07, 6.45) is 5.64. The standard InChI is InChI=1S/C15H19N5O/c1-9-2-3-11-10(6-9)14(19-18-11)15(21)20-5-4-12-13(7-20)17-8-16-12/h8-9H,2-7H2,1H3,(H,16,17)(H,18,19)/t9-/m1/s1. The second-order valence-corrected chi connectivity index (χ2v) is 6.18. The number of nitrogens with one attached hydrogen (secondary N) is 2. The fourth-order valence-electron chi connectivity index (χ4n) is 3.38. The van der Waals surface area contributed by atoms with Crippen LogP contribution in [0.2, 0.25) is 0 Å². The maximum Gasteiger partial charge on any atom is 0.275 e. The summed E-state index contributed by atoms with van der Waals surface area (Å²) in [5, 5.41) is 7.37. The summed E-state index contributed by atoms with van der Waals surface area (Å²) in [7, 11) is 0. The summed E-state index contributed by atoms with van der Waals surface area (Å²) in [5.74, 6) is 0.670. The van der Waals surface area contributed by atoms with E-state index in [0.717, 1.165) is 41.9 Å². The molecule has 1 atom stereocenters. The van der Waals surface area contributed by atoms with Gasteiger partial charge in [0.05, 0.1) is 24.3 Å². The molecule has 4 rings (SSSR count). The molecule has 2 aliphatic rings. The van der Waals surface area contributed by atoms with Crippen LogP contribution in [-0.2, 0) is 25.8 Å². The van der Waals surface area contributed by atoms with Crippen LogP contribution in [0.1, 0.15) is 46.5 Å². The lowest BCUT2D eigenvalue weighted by molar-refractivity contribution is 0.0724. The number of rotatable bonds is 1. The quantitative estimate of drug-likeness (QED) is 0.832. The van der Waals surface area contributed by atoms with Gasteiger partial charge in [-0.3, -0.25) is 9.89 Å². The number of fused-ring (bicyclic) bond motifs is 2. The summed E-state index contributed by atoms with van der Waals surface area (Å²) < 4.78 is 0. The van der Waals surface area contributed by atoms with Crippen molar-refractivity contribution in [2.24, 2.45) is 5.92 Å². The van der Waals surface area contributed by atoms with Gasteiger partial charge in [-0.05, 0) is 25.2 Å². The van der Waals surface area contributed by atoms with Crippen LogP contribution in [0.4, 0.5) is 0 Å². The van der Waals surface area contributed by atoms with Crippen molar-refractivity contribution < 1.29 is 4.79 Å². The number of aromatic nitrogens is 4. The normalized spacial score (nSPS) is 21.0. The molecule has 1 amide bonds. The minimum atomic E-state index is 0.0434. The van der Waals surface area contributed by atoms with Crippen LogP contribution >= 0.6 is 0 Å². The van der Waals surface area contributed by atoms with Gasteiger partial charge in [-0.15, -0.1) is 0 Å². The zero-order chi connectivity index (χ0) is 14.4. The average molecular weight is 285 g/mol. The van der Waals surface area contributed by atoms with E-state index in [9.17, 15) is 4.79 Å². The number of hydrogen-bond donors (Lipinski definition) is 2. The highest BCUT2D eigenvalue weighted by atomic mass is 16.2. The van der Waals surface area contributed by atoms with Gasteiger partial charge in [-0.25, -0.2) is 4.98 Å². The molecule has 0 fully saturated rings. The number of aryl methyl sites for hydroxylation is 1. The largest absolute Gasteiger partial charge is 0.347 e. The topological polar surface area (TPSA) is 77.7 Å². The van der Waals surface area contributed by atoms with Gasteiger partial charge in [0.1, 0.15) is 0 Å². The molecule has 0 bridgehead atoms. The van der Waals surface area contributed by atoms with Gasteiger partial charge >= 0.3 is 0 Å². The second kappa shape index (κ2) is 4.72. The number of H-pyrrole nitrogens is 2. The Hall–Kier alpha value is -2.11. The predicted molar refractivity (Wildman–Crippen MR) is 76.8 cm³/mol. The van der Waals surface area contributed by atoms with E-state index >= 15 is 0 Å². The van der Waals surface area contributed by atoms with Crippen molar-refractivity contribution in [1.82, 2.24) is 25.1 Å². The van der Waals surface area contributed by atoms with Crippen LogP contribution in [0.25, 0.3) is 0 Å². The first-order valence-electron chi connectivity index (χ1n) is 7.59. The molecule has 0 spiro atoms. The Labute approximate surface area is 123 Å². The van der Waals surface area contributed by atoms with Crippen molar-refractivity contribution >= 4 is 5.91 Å². The zero-order valence-corrected chi connectivity index (χ0v) is 12.1. The summed E-state index contributed by atoms with van der Waals surface area (Å²) >= 11 is 0. The Morgan fingerprint density at radius 3 is 3.19 bits per heavy atom. The van der Waals surface area contributed by atoms with Crippen molar-refractivity contribution in [3.8, 4) is 0 Å². The molecule has 2 N–H and O–H groups in total. The lowest BCUT2D eigenvalue weighted by Crippen LogP contribution is -2.37. The highest BCUT2D eigenvalue weighted by molar-refractivity contribution is 5.94. The first-order valence-corrected chi connectivity index (χ1v) is 7.59. The molecule has 110 valence electrons. The number of aromatic amines is 2. The Morgan fingerprint density at radius 2 is 2.29 bits per heavy atom. The molecule has 6 heteroatoms. The molecule has 2 aromatic rings. The van der Waals surface area contributed by atoms with Gasteiger partial charge in [-0.2, -0.15) is 5.10 Å². The number of carbonyl (C=O) groups is 1. The molecule has 1 aliphatic carbocycles. The minimum absolute atomic E-state index is 0.0434. The summed E-state index contributed by atoms with van der Waals surface area (Å²) in [4.78, 5) is 22.1. The smallest absolute Gasteiger partial charge is 0.275 e. The van der Waals surface area contributed by atoms with Gasteiger partial charge in [0, 0.05) is 24.2 Å². The number of carbonyl (C=O) groups excluding carboxylic acids is 1. The lowest BCUT2D eigenvalue weighted by atomic mass is 9.87. The van der Waals surface area contributed by atoms with Crippen LogP contribution in [-0.4, -0.2) is 37.5 Å². The van der Waals surface area contributed by atoms with Crippen molar-refractivity contribution in [2.75, 3.05) is 6.54 Å². The second-order valence-electron chi connectivity index (χ2n) is 6.18. The monoisotopic (exact) mass is 285 g/mol. The predicted octanol–water partition coefficient (Wildman–Crippen LogP) is 1.46. The summed E-state index contributed by atoms with van der Waals surface area (Å²) in [6.45, 7) is 3.56. The van der Waals surface area contributed by atoms with E-state index in [4.69, 9.17) is 0 Å². The van der Waals surface area contributed by atoms with E-state index in [1.54, 1.807) is 6.33 Å². The van der Waals surface area contributed by atoms with Gasteiger partial charge in [0.25, 0.3) is 5.91 Å². The van der Waals surface area contributed by atoms with Crippen molar-refractivity contribution in [1.29, 1.82) is 0 Å². The Balaban J connectivity index is 1.60. The number of nitrogens with zero attached hydrogens (tertiary/aromatic N) is 3. The molecular formula is C15H19N5O. The molecule has 0 radical (unpaired) electrons. The molecule has 21 heavy (non-hydrogen) atoms. The first kappa shape index (κ1) is 12.6. The fourth-order valence-corrected chi connectivity index (χ4v) is 3.38. The van der Waals surface area contributed by atoms with Crippen LogP contribution in [0.15, 0.2) is 6.33 Å². The molecular weight excluding hydrogens is 266 g/mol. The van der Waals surface area contributed by atoms with Crippen LogP contribution in [0, 0.1) is 5.92 Å². The maximum absolute atomic E-state index is 12.8. The zero-order valence-electron chi connectivity index (χ0n) is 12.1. The third kappa shape index (κ3) is 2.05. The summed E-state index contributed by atoms with van der Waals surface area (Å²) in [5.41, 5.74) is 5.04. The molecule has 0 unspecified atom stereocenters. The van der Waals surface area contributed by atoms with E-state index in [-0.39, 0.29) is 5.91 Å². The maximum atomic E-state index is 12.8. The van der Waals surface area contributed by atoms with Crippen LogP contribution in [0.3, 0.4) is 0 Å². The number of imidazole rings is 1. The summed E-state index contributed by atoms with van der Waals surface area (Å²) in [6, 6.07) is 0. The van der Waals surface area contributed by atoms with E-state index in [0.29, 0.717) is 24.7 Å². The molecule has 0 aromatic carbocycles. The van der Waals surface area contributed by atoms with E-state index in [1.165, 1.54) is 6.42 Å². The molecule has 6 nitrogen and oxygen atoms in total. The van der Waals surface area contributed by atoms with E-state index in [1.807, 2.05) is 4.90 Å². The SMILES string of the molecule is C[C@@H]1CCc2[nH]nc(C(=O)N3CCc4nc[nH]c4C3)c2C1. The highest BCUT2D eigenvalue weighted by Crippen LogP contribution is 2.27. The minimum Gasteiger partial charge on any atom is -0.347 e. The molecule has 1 aliphatic heterocycles. The fraction of sp³-hybridized carbons (Fsp3) is 0.533. The Kier molecular flexibility index (Phi) is 2.83. The molecule has 3 heterocycles. The molecule has 0 saturated heterocycles. The highest BCUT2D eigenvalue weighted by Gasteiger charge is 2.29. The average Bonchev–Trinajstić information content (AvgIpc) is 3.11. The van der Waals surface area contributed by atoms with Crippen molar-refractivity contribution in [3.05, 3.63) is 34.7 Å². The van der Waals surface area contributed by atoms with Crippen molar-refractivity contribution in [2.45, 2.75) is 39.2 Å². The van der Waals surface area contributed by atoms with E-state index < -0.39 is 0 Å². The molecule has 2 aromatic heterocycles. The third-order valence-electron chi connectivity index (χ3n) is 4.66. The first-order chi connectivity index (χ1) is 10.2.